The van der Waals surface area contributed by atoms with Crippen LogP contribution in [0.3, 0.4) is 0 Å². The van der Waals surface area contributed by atoms with E-state index in [1.165, 1.54) is 24.2 Å². The summed E-state index contributed by atoms with van der Waals surface area (Å²) in [6, 6.07) is 9.34. The smallest absolute Gasteiger partial charge is 0.0400 e. The molecule has 0 aliphatic carbocycles. The molecule has 1 heterocycles. The summed E-state index contributed by atoms with van der Waals surface area (Å²) in [5.74, 6) is 0. The Hall–Kier alpha value is -1.06. The van der Waals surface area contributed by atoms with Gasteiger partial charge in [-0.1, -0.05) is 32.0 Å². The lowest BCUT2D eigenvalue weighted by Gasteiger charge is -2.22. The standard InChI is InChI=1S/C16H27N3/c1-4-19(5-2)12-14-8-6-7-9-16(14)17-15-10-11-18(3)13-15/h6-9,15,17H,4-5,10-13H2,1-3H3. The Morgan fingerprint density at radius 1 is 1.26 bits per heavy atom. The van der Waals surface area contributed by atoms with E-state index in [0.29, 0.717) is 6.04 Å². The van der Waals surface area contributed by atoms with E-state index in [1.54, 1.807) is 0 Å². The molecule has 0 aromatic heterocycles. The van der Waals surface area contributed by atoms with Crippen molar-refractivity contribution in [1.29, 1.82) is 0 Å². The number of likely N-dealkylation sites (tertiary alicyclic amines) is 1. The van der Waals surface area contributed by atoms with Gasteiger partial charge >= 0.3 is 0 Å². The molecule has 106 valence electrons. The second-order valence-corrected chi connectivity index (χ2v) is 5.51. The lowest BCUT2D eigenvalue weighted by Crippen LogP contribution is -2.26. The number of likely N-dealkylation sites (N-methyl/N-ethyl adjacent to an activating group) is 1. The van der Waals surface area contributed by atoms with Crippen molar-refractivity contribution in [2.75, 3.05) is 38.5 Å². The third-order valence-electron chi connectivity index (χ3n) is 4.06. The van der Waals surface area contributed by atoms with Crippen molar-refractivity contribution in [1.82, 2.24) is 9.80 Å². The van der Waals surface area contributed by atoms with Crippen molar-refractivity contribution in [3.63, 3.8) is 0 Å². The van der Waals surface area contributed by atoms with E-state index < -0.39 is 0 Å². The summed E-state index contributed by atoms with van der Waals surface area (Å²) in [5, 5.41) is 3.73. The van der Waals surface area contributed by atoms with Crippen molar-refractivity contribution < 1.29 is 0 Å². The van der Waals surface area contributed by atoms with Crippen LogP contribution in [0.2, 0.25) is 0 Å². The summed E-state index contributed by atoms with van der Waals surface area (Å²) >= 11 is 0. The number of rotatable bonds is 6. The fourth-order valence-corrected chi connectivity index (χ4v) is 2.76. The Morgan fingerprint density at radius 3 is 2.63 bits per heavy atom. The second-order valence-electron chi connectivity index (χ2n) is 5.51. The van der Waals surface area contributed by atoms with Gasteiger partial charge in [0.15, 0.2) is 0 Å². The summed E-state index contributed by atoms with van der Waals surface area (Å²) in [7, 11) is 2.20. The van der Waals surface area contributed by atoms with Gasteiger partial charge < -0.3 is 10.2 Å². The van der Waals surface area contributed by atoms with Gasteiger partial charge in [0.25, 0.3) is 0 Å². The van der Waals surface area contributed by atoms with Crippen molar-refractivity contribution in [3.05, 3.63) is 29.8 Å². The molecule has 1 unspecified atom stereocenters. The summed E-state index contributed by atoms with van der Waals surface area (Å²) < 4.78 is 0. The molecule has 2 rings (SSSR count). The van der Waals surface area contributed by atoms with Gasteiger partial charge in [-0.2, -0.15) is 0 Å². The van der Waals surface area contributed by atoms with E-state index in [1.807, 2.05) is 0 Å². The predicted octanol–water partition coefficient (Wildman–Crippen LogP) is 2.64. The highest BCUT2D eigenvalue weighted by Gasteiger charge is 2.19. The minimum absolute atomic E-state index is 0.600. The van der Waals surface area contributed by atoms with Gasteiger partial charge in [0.05, 0.1) is 0 Å². The first kappa shape index (κ1) is 14.4. The predicted molar refractivity (Wildman–Crippen MR) is 82.6 cm³/mol. The summed E-state index contributed by atoms with van der Waals surface area (Å²) in [5.41, 5.74) is 2.73. The fraction of sp³-hybridized carbons (Fsp3) is 0.625. The van der Waals surface area contributed by atoms with Gasteiger partial charge in [-0.3, -0.25) is 4.90 Å². The number of nitrogens with one attached hydrogen (secondary N) is 1. The molecule has 1 aromatic rings. The molecule has 1 fully saturated rings. The molecule has 0 amide bonds. The van der Waals surface area contributed by atoms with Gasteiger partial charge in [-0.15, -0.1) is 0 Å². The number of benzene rings is 1. The molecule has 1 aliphatic heterocycles. The molecule has 19 heavy (non-hydrogen) atoms. The van der Waals surface area contributed by atoms with E-state index in [-0.39, 0.29) is 0 Å². The van der Waals surface area contributed by atoms with E-state index in [0.717, 1.165) is 26.2 Å². The molecule has 1 aromatic carbocycles. The molecule has 0 spiro atoms. The fourth-order valence-electron chi connectivity index (χ4n) is 2.76. The van der Waals surface area contributed by atoms with Crippen LogP contribution in [0.1, 0.15) is 25.8 Å². The molecule has 1 N–H and O–H groups in total. The number of anilines is 1. The first-order valence-electron chi connectivity index (χ1n) is 7.48. The van der Waals surface area contributed by atoms with Crippen LogP contribution < -0.4 is 5.32 Å². The Labute approximate surface area is 117 Å². The highest BCUT2D eigenvalue weighted by atomic mass is 15.2. The summed E-state index contributed by atoms with van der Waals surface area (Å²) in [4.78, 5) is 4.85. The monoisotopic (exact) mass is 261 g/mol. The van der Waals surface area contributed by atoms with Gasteiger partial charge in [0.1, 0.15) is 0 Å². The van der Waals surface area contributed by atoms with Crippen molar-refractivity contribution in [2.45, 2.75) is 32.9 Å². The molecule has 3 nitrogen and oxygen atoms in total. The van der Waals surface area contributed by atoms with E-state index >= 15 is 0 Å². The third-order valence-corrected chi connectivity index (χ3v) is 4.06. The third kappa shape index (κ3) is 3.95. The molecule has 0 radical (unpaired) electrons. The SMILES string of the molecule is CCN(CC)Cc1ccccc1NC1CCN(C)C1. The van der Waals surface area contributed by atoms with Crippen LogP contribution in [-0.4, -0.2) is 49.1 Å². The van der Waals surface area contributed by atoms with Crippen LogP contribution in [-0.2, 0) is 6.54 Å². The minimum atomic E-state index is 0.600. The van der Waals surface area contributed by atoms with Gasteiger partial charge in [-0.25, -0.2) is 0 Å². The van der Waals surface area contributed by atoms with E-state index in [9.17, 15) is 0 Å². The highest BCUT2D eigenvalue weighted by Crippen LogP contribution is 2.20. The van der Waals surface area contributed by atoms with Crippen molar-refractivity contribution in [2.24, 2.45) is 0 Å². The maximum Gasteiger partial charge on any atom is 0.0400 e. The molecule has 0 bridgehead atoms. The number of nitrogens with zero attached hydrogens (tertiary/aromatic N) is 2. The number of hydrogen-bond acceptors (Lipinski definition) is 3. The Morgan fingerprint density at radius 2 is 2.00 bits per heavy atom. The summed E-state index contributed by atoms with van der Waals surface area (Å²) in [6.45, 7) is 10.1. The lowest BCUT2D eigenvalue weighted by atomic mass is 10.1. The lowest BCUT2D eigenvalue weighted by molar-refractivity contribution is 0.296. The average Bonchev–Trinajstić information content (AvgIpc) is 2.83. The van der Waals surface area contributed by atoms with Crippen LogP contribution in [0.25, 0.3) is 0 Å². The molecule has 1 aliphatic rings. The quantitative estimate of drug-likeness (QED) is 0.849. The number of hydrogen-bond donors (Lipinski definition) is 1. The Balaban J connectivity index is 2.03. The molecular formula is C16H27N3. The second kappa shape index (κ2) is 6.92. The maximum absolute atomic E-state index is 3.73. The normalized spacial score (nSPS) is 20.1. The maximum atomic E-state index is 3.73. The van der Waals surface area contributed by atoms with Crippen LogP contribution in [0, 0.1) is 0 Å². The van der Waals surface area contributed by atoms with Gasteiger partial charge in [0, 0.05) is 24.8 Å². The van der Waals surface area contributed by atoms with Crippen molar-refractivity contribution >= 4 is 5.69 Å². The molecule has 1 atom stereocenters. The molecule has 1 saturated heterocycles. The van der Waals surface area contributed by atoms with Crippen LogP contribution in [0.5, 0.6) is 0 Å². The van der Waals surface area contributed by atoms with Crippen LogP contribution in [0.4, 0.5) is 5.69 Å². The average molecular weight is 261 g/mol. The first-order valence-corrected chi connectivity index (χ1v) is 7.48. The largest absolute Gasteiger partial charge is 0.381 e. The Kier molecular flexibility index (Phi) is 5.23. The molecule has 3 heteroatoms. The van der Waals surface area contributed by atoms with E-state index in [4.69, 9.17) is 0 Å². The van der Waals surface area contributed by atoms with E-state index in [2.05, 4.69) is 60.3 Å². The summed E-state index contributed by atoms with van der Waals surface area (Å²) in [6.07, 6.45) is 1.25. The zero-order valence-corrected chi connectivity index (χ0v) is 12.5. The van der Waals surface area contributed by atoms with Crippen molar-refractivity contribution in [3.8, 4) is 0 Å². The zero-order valence-electron chi connectivity index (χ0n) is 12.5. The van der Waals surface area contributed by atoms with Crippen LogP contribution in [0.15, 0.2) is 24.3 Å². The topological polar surface area (TPSA) is 18.5 Å². The number of para-hydroxylation sites is 1. The minimum Gasteiger partial charge on any atom is -0.381 e. The molecule has 0 saturated carbocycles. The Bertz CT molecular complexity index is 387. The van der Waals surface area contributed by atoms with Gasteiger partial charge in [-0.05, 0) is 44.7 Å². The highest BCUT2D eigenvalue weighted by molar-refractivity contribution is 5.52. The van der Waals surface area contributed by atoms with Gasteiger partial charge in [0.2, 0.25) is 0 Å². The first-order chi connectivity index (χ1) is 9.22. The van der Waals surface area contributed by atoms with Crippen LogP contribution >= 0.6 is 0 Å². The molecular weight excluding hydrogens is 234 g/mol. The zero-order chi connectivity index (χ0) is 13.7.